The molecule has 0 radical (unpaired) electrons. The highest BCUT2D eigenvalue weighted by Crippen LogP contribution is 2.37. The van der Waals surface area contributed by atoms with Crippen LogP contribution < -0.4 is 10.1 Å². The van der Waals surface area contributed by atoms with Gasteiger partial charge in [0.2, 0.25) is 0 Å². The van der Waals surface area contributed by atoms with Crippen LogP contribution in [0, 0.1) is 11.3 Å². The van der Waals surface area contributed by atoms with Gasteiger partial charge in [-0.05, 0) is 34.9 Å². The number of amides is 1. The first-order chi connectivity index (χ1) is 20.6. The molecule has 252 valence electrons. The lowest BCUT2D eigenvalue weighted by atomic mass is 9.72. The summed E-state index contributed by atoms with van der Waals surface area (Å²) in [4.78, 5) is 12.3. The highest BCUT2D eigenvalue weighted by Gasteiger charge is 2.50. The zero-order chi connectivity index (χ0) is 32.8. The molecular weight excluding hydrogens is 578 g/mol. The smallest absolute Gasteiger partial charge is 0.258 e. The van der Waals surface area contributed by atoms with E-state index in [2.05, 4.69) is 39.9 Å². The minimum atomic E-state index is -1.63. The average Bonchev–Trinajstić information content (AvgIpc) is 2.96. The molecule has 2 fully saturated rings. The van der Waals surface area contributed by atoms with E-state index in [1.807, 2.05) is 24.3 Å². The van der Waals surface area contributed by atoms with Gasteiger partial charge in [-0.1, -0.05) is 53.7 Å². The monoisotopic (exact) mass is 629 g/mol. The number of hydrogen-bond acceptors (Lipinski definition) is 12. The molecule has 2 saturated heterocycles. The normalized spacial score (nSPS) is 33.2. The lowest BCUT2D eigenvalue weighted by molar-refractivity contribution is -0.355. The fraction of sp³-hybridized carbons (Fsp3) is 0.774. The van der Waals surface area contributed by atoms with Crippen LogP contribution in [-0.4, -0.2) is 125 Å². The molecule has 13 heteroatoms. The molecule has 10 atom stereocenters. The maximum Gasteiger partial charge on any atom is 0.258 e. The van der Waals surface area contributed by atoms with Gasteiger partial charge in [0.1, 0.15) is 36.3 Å². The summed E-state index contributed by atoms with van der Waals surface area (Å²) in [6, 6.07) is 7.69. The molecule has 0 aromatic heterocycles. The first kappa shape index (κ1) is 36.6. The number of ether oxygens (including phenoxy) is 5. The fourth-order valence-electron chi connectivity index (χ4n) is 5.90. The lowest BCUT2D eigenvalue weighted by Crippen LogP contribution is -2.63. The van der Waals surface area contributed by atoms with E-state index in [1.165, 1.54) is 5.56 Å². The molecule has 13 nitrogen and oxygen atoms in total. The Balaban J connectivity index is 1.43. The van der Waals surface area contributed by atoms with Crippen LogP contribution >= 0.6 is 0 Å². The van der Waals surface area contributed by atoms with Crippen LogP contribution in [0.15, 0.2) is 24.3 Å². The zero-order valence-corrected chi connectivity index (χ0v) is 26.5. The largest absolute Gasteiger partial charge is 0.484 e. The summed E-state index contributed by atoms with van der Waals surface area (Å²) in [5, 5.41) is 64.0. The van der Waals surface area contributed by atoms with Gasteiger partial charge < -0.3 is 59.6 Å². The second kappa shape index (κ2) is 15.6. The van der Waals surface area contributed by atoms with Crippen LogP contribution in [-0.2, 0) is 29.2 Å². The number of carbonyl (C=O) groups is 1. The quantitative estimate of drug-likeness (QED) is 0.142. The van der Waals surface area contributed by atoms with Crippen molar-refractivity contribution in [3.05, 3.63) is 29.8 Å². The second-order valence-electron chi connectivity index (χ2n) is 13.5. The number of carbonyl (C=O) groups excluding carboxylic acids is 1. The Morgan fingerprint density at radius 1 is 0.864 bits per heavy atom. The molecule has 1 amide bonds. The molecule has 0 saturated carbocycles. The van der Waals surface area contributed by atoms with Gasteiger partial charge in [0.05, 0.1) is 32.0 Å². The first-order valence-electron chi connectivity index (χ1n) is 15.1. The van der Waals surface area contributed by atoms with Crippen molar-refractivity contribution in [2.24, 2.45) is 11.3 Å². The Morgan fingerprint density at radius 3 is 2.05 bits per heavy atom. The summed E-state index contributed by atoms with van der Waals surface area (Å²) in [5.41, 5.74) is 1.36. The van der Waals surface area contributed by atoms with Gasteiger partial charge in [-0.25, -0.2) is 0 Å². The van der Waals surface area contributed by atoms with Crippen molar-refractivity contribution in [3.8, 4) is 5.75 Å². The molecule has 1 aromatic carbocycles. The van der Waals surface area contributed by atoms with Crippen molar-refractivity contribution >= 4 is 5.91 Å². The minimum absolute atomic E-state index is 0.0103. The van der Waals surface area contributed by atoms with E-state index in [1.54, 1.807) is 6.92 Å². The highest BCUT2D eigenvalue weighted by molar-refractivity contribution is 5.77. The van der Waals surface area contributed by atoms with Crippen molar-refractivity contribution < 1.29 is 59.1 Å². The average molecular weight is 630 g/mol. The summed E-state index contributed by atoms with van der Waals surface area (Å²) in [7, 11) is 0. The van der Waals surface area contributed by atoms with Crippen molar-refractivity contribution in [1.29, 1.82) is 0 Å². The predicted octanol–water partition coefficient (Wildman–Crippen LogP) is -0.189. The highest BCUT2D eigenvalue weighted by atomic mass is 16.7. The zero-order valence-electron chi connectivity index (χ0n) is 26.5. The summed E-state index contributed by atoms with van der Waals surface area (Å²) >= 11 is 0. The Bertz CT molecular complexity index is 1030. The third-order valence-electron chi connectivity index (χ3n) is 8.04. The molecule has 44 heavy (non-hydrogen) atoms. The number of rotatable bonds is 13. The van der Waals surface area contributed by atoms with Gasteiger partial charge in [-0.15, -0.1) is 0 Å². The molecule has 2 aliphatic heterocycles. The molecule has 1 aromatic rings. The minimum Gasteiger partial charge on any atom is -0.484 e. The molecule has 3 rings (SSSR count). The predicted molar refractivity (Wildman–Crippen MR) is 158 cm³/mol. The fourth-order valence-corrected chi connectivity index (χ4v) is 5.90. The third kappa shape index (κ3) is 9.55. The molecule has 2 heterocycles. The molecule has 7 N–H and O–H groups in total. The lowest BCUT2D eigenvalue weighted by Gasteiger charge is -2.46. The van der Waals surface area contributed by atoms with Crippen LogP contribution in [0.3, 0.4) is 0 Å². The molecule has 0 bridgehead atoms. The van der Waals surface area contributed by atoms with Crippen LogP contribution in [0.5, 0.6) is 5.75 Å². The number of benzene rings is 1. The third-order valence-corrected chi connectivity index (χ3v) is 8.04. The van der Waals surface area contributed by atoms with Gasteiger partial charge in [-0.3, -0.25) is 4.79 Å². The van der Waals surface area contributed by atoms with E-state index in [0.29, 0.717) is 5.75 Å². The van der Waals surface area contributed by atoms with Crippen molar-refractivity contribution in [1.82, 2.24) is 5.32 Å². The second-order valence-corrected chi connectivity index (χ2v) is 13.5. The Labute approximate surface area is 259 Å². The van der Waals surface area contributed by atoms with Crippen LogP contribution in [0.2, 0.25) is 0 Å². The first-order valence-corrected chi connectivity index (χ1v) is 15.1. The van der Waals surface area contributed by atoms with Crippen LogP contribution in [0.25, 0.3) is 0 Å². The summed E-state index contributed by atoms with van der Waals surface area (Å²) in [6.07, 6.45) is -11.2. The van der Waals surface area contributed by atoms with E-state index in [4.69, 9.17) is 23.7 Å². The summed E-state index contributed by atoms with van der Waals surface area (Å²) < 4.78 is 27.9. The SMILES string of the molecule is C[C@H]1C(CO)O[C@@H](O[C@H]2C(CO)O[C@H](OCCNC(=O)COc3ccc(C(C)(C)CC(C)(C)C)cc3)[C@H](O)C2O)[C@H](O)C1O. The molecular formula is C31H51NO12. The van der Waals surface area contributed by atoms with Gasteiger partial charge in [-0.2, -0.15) is 0 Å². The van der Waals surface area contributed by atoms with E-state index in [-0.39, 0.29) is 36.5 Å². The number of hydrogen-bond donors (Lipinski definition) is 7. The van der Waals surface area contributed by atoms with E-state index >= 15 is 0 Å². The van der Waals surface area contributed by atoms with Gasteiger partial charge in [0.25, 0.3) is 5.91 Å². The maximum atomic E-state index is 12.3. The van der Waals surface area contributed by atoms with Crippen molar-refractivity contribution in [2.75, 3.05) is 33.0 Å². The molecule has 0 aliphatic carbocycles. The van der Waals surface area contributed by atoms with Crippen LogP contribution in [0.4, 0.5) is 0 Å². The van der Waals surface area contributed by atoms with Gasteiger partial charge in [0, 0.05) is 12.5 Å². The number of aliphatic hydroxyl groups excluding tert-OH is 6. The van der Waals surface area contributed by atoms with E-state index < -0.39 is 74.4 Å². The summed E-state index contributed by atoms with van der Waals surface area (Å²) in [6.45, 7) is 11.3. The van der Waals surface area contributed by atoms with Crippen molar-refractivity contribution in [2.45, 2.75) is 109 Å². The Hall–Kier alpha value is -1.91. The molecule has 0 spiro atoms. The topological polar surface area (TPSA) is 197 Å². The van der Waals surface area contributed by atoms with Gasteiger partial charge in [0.15, 0.2) is 19.2 Å². The summed E-state index contributed by atoms with van der Waals surface area (Å²) in [5.74, 6) is -0.413. The van der Waals surface area contributed by atoms with Gasteiger partial charge >= 0.3 is 0 Å². The van der Waals surface area contributed by atoms with E-state index in [0.717, 1.165) is 6.42 Å². The van der Waals surface area contributed by atoms with E-state index in [9.17, 15) is 35.4 Å². The Morgan fingerprint density at radius 2 is 1.45 bits per heavy atom. The maximum absolute atomic E-state index is 12.3. The standard InChI is InChI=1S/C31H51NO12/c1-17-20(13-33)42-29(25(38)23(17)36)44-27-21(14-34)43-28(26(39)24(27)37)40-12-11-32-22(35)15-41-19-9-7-18(8-10-19)31(5,6)16-30(2,3)4/h7-10,17,20-21,23-29,33-34,36-39H,11-16H2,1-6H3,(H,32,35)/t17-,20?,21?,23?,24?,25+,26+,27-,28-,29-/m0/s1. The molecule has 2 aliphatic rings. The van der Waals surface area contributed by atoms with Crippen LogP contribution in [0.1, 0.15) is 53.5 Å². The molecule has 4 unspecified atom stereocenters. The van der Waals surface area contributed by atoms with Crippen molar-refractivity contribution in [3.63, 3.8) is 0 Å². The number of aliphatic hydroxyl groups is 6. The Kier molecular flexibility index (Phi) is 13.0. The number of nitrogens with one attached hydrogen (secondary N) is 1.